The highest BCUT2D eigenvalue weighted by Crippen LogP contribution is 2.31. The molecule has 1 fully saturated rings. The predicted octanol–water partition coefficient (Wildman–Crippen LogP) is 3.90. The van der Waals surface area contributed by atoms with Gasteiger partial charge in [0.25, 0.3) is 0 Å². The summed E-state index contributed by atoms with van der Waals surface area (Å²) in [5, 5.41) is 9.25. The number of para-hydroxylation sites is 1. The number of amides is 1. The van der Waals surface area contributed by atoms with Gasteiger partial charge in [0.05, 0.1) is 6.61 Å². The lowest BCUT2D eigenvalue weighted by molar-refractivity contribution is 0.0240. The van der Waals surface area contributed by atoms with E-state index in [2.05, 4.69) is 17.0 Å². The summed E-state index contributed by atoms with van der Waals surface area (Å²) in [6.45, 7) is 8.54. The Morgan fingerprint density at radius 1 is 1.00 bits per heavy atom. The van der Waals surface area contributed by atoms with Gasteiger partial charge in [-0.1, -0.05) is 42.5 Å². The zero-order valence-corrected chi connectivity index (χ0v) is 16.3. The molecule has 0 radical (unpaired) electrons. The summed E-state index contributed by atoms with van der Waals surface area (Å²) in [5.41, 5.74) is 3.88. The van der Waals surface area contributed by atoms with Gasteiger partial charge >= 0.3 is 6.09 Å². The summed E-state index contributed by atoms with van der Waals surface area (Å²) in [6, 6.07) is 16.3. The van der Waals surface area contributed by atoms with Crippen molar-refractivity contribution >= 4 is 11.8 Å². The summed E-state index contributed by atoms with van der Waals surface area (Å²) >= 11 is 0. The third-order valence-electron chi connectivity index (χ3n) is 4.62. The van der Waals surface area contributed by atoms with Crippen molar-refractivity contribution < 1.29 is 14.6 Å². The van der Waals surface area contributed by atoms with Gasteiger partial charge in [-0.3, -0.25) is 0 Å². The highest BCUT2D eigenvalue weighted by atomic mass is 16.6. The van der Waals surface area contributed by atoms with Crippen molar-refractivity contribution in [3.63, 3.8) is 0 Å². The third-order valence-corrected chi connectivity index (χ3v) is 4.62. The van der Waals surface area contributed by atoms with Crippen LogP contribution >= 0.6 is 0 Å². The molecule has 144 valence electrons. The van der Waals surface area contributed by atoms with Crippen LogP contribution in [0.15, 0.2) is 48.5 Å². The smallest absolute Gasteiger partial charge is 0.410 e. The van der Waals surface area contributed by atoms with Crippen LogP contribution in [0.3, 0.4) is 0 Å². The first-order valence-electron chi connectivity index (χ1n) is 9.39. The lowest BCUT2D eigenvalue weighted by Crippen LogP contribution is -2.50. The number of hydrogen-bond acceptors (Lipinski definition) is 4. The molecule has 0 saturated carbocycles. The Bertz CT molecular complexity index is 773. The van der Waals surface area contributed by atoms with Gasteiger partial charge in [0.2, 0.25) is 0 Å². The van der Waals surface area contributed by atoms with E-state index in [1.807, 2.05) is 57.2 Å². The molecular weight excluding hydrogens is 340 g/mol. The molecule has 0 unspecified atom stereocenters. The molecule has 1 N–H and O–H groups in total. The topological polar surface area (TPSA) is 53.0 Å². The van der Waals surface area contributed by atoms with E-state index < -0.39 is 5.60 Å². The summed E-state index contributed by atoms with van der Waals surface area (Å²) in [5.74, 6) is 0. The standard InChI is InChI=1S/C22H28N2O3/c1-22(2,3)27-21(26)24-14-12-23(13-15-24)20-7-5-4-6-19(20)18-10-8-17(16-25)9-11-18/h4-11,25H,12-16H2,1-3H3. The normalized spacial score (nSPS) is 15.0. The van der Waals surface area contributed by atoms with Crippen molar-refractivity contribution in [3.05, 3.63) is 54.1 Å². The largest absolute Gasteiger partial charge is 0.444 e. The van der Waals surface area contributed by atoms with E-state index in [4.69, 9.17) is 4.74 Å². The number of benzene rings is 2. The van der Waals surface area contributed by atoms with E-state index in [1.165, 1.54) is 0 Å². The average Bonchev–Trinajstić information content (AvgIpc) is 2.67. The third kappa shape index (κ3) is 4.80. The number of carbonyl (C=O) groups excluding carboxylic acids is 1. The number of nitrogens with zero attached hydrogens (tertiary/aromatic N) is 2. The molecule has 27 heavy (non-hydrogen) atoms. The maximum Gasteiger partial charge on any atom is 0.410 e. The molecule has 2 aromatic carbocycles. The average molecular weight is 368 g/mol. The summed E-state index contributed by atoms with van der Waals surface area (Å²) in [6.07, 6.45) is -0.241. The quantitative estimate of drug-likeness (QED) is 0.893. The van der Waals surface area contributed by atoms with Gasteiger partial charge in [0.1, 0.15) is 5.60 Å². The first-order chi connectivity index (χ1) is 12.9. The molecule has 1 aliphatic heterocycles. The Morgan fingerprint density at radius 2 is 1.63 bits per heavy atom. The Balaban J connectivity index is 1.72. The highest BCUT2D eigenvalue weighted by molar-refractivity contribution is 5.79. The van der Waals surface area contributed by atoms with E-state index in [0.29, 0.717) is 13.1 Å². The molecule has 1 aliphatic rings. The number of carbonyl (C=O) groups is 1. The van der Waals surface area contributed by atoms with Gasteiger partial charge in [-0.2, -0.15) is 0 Å². The molecular formula is C22H28N2O3. The van der Waals surface area contributed by atoms with Crippen molar-refractivity contribution in [3.8, 4) is 11.1 Å². The van der Waals surface area contributed by atoms with E-state index in [-0.39, 0.29) is 12.7 Å². The maximum atomic E-state index is 12.3. The van der Waals surface area contributed by atoms with Gasteiger partial charge in [-0.25, -0.2) is 4.79 Å². The molecule has 5 heteroatoms. The summed E-state index contributed by atoms with van der Waals surface area (Å²) in [7, 11) is 0. The lowest BCUT2D eigenvalue weighted by atomic mass is 10.0. The molecule has 0 aromatic heterocycles. The van der Waals surface area contributed by atoms with Crippen molar-refractivity contribution in [2.24, 2.45) is 0 Å². The fourth-order valence-corrected chi connectivity index (χ4v) is 3.24. The predicted molar refractivity (Wildman–Crippen MR) is 108 cm³/mol. The number of aliphatic hydroxyl groups excluding tert-OH is 1. The summed E-state index contributed by atoms with van der Waals surface area (Å²) in [4.78, 5) is 16.4. The van der Waals surface area contributed by atoms with E-state index in [0.717, 1.165) is 35.5 Å². The van der Waals surface area contributed by atoms with Gasteiger partial charge < -0.3 is 19.6 Å². The van der Waals surface area contributed by atoms with Crippen LogP contribution in [0.1, 0.15) is 26.3 Å². The lowest BCUT2D eigenvalue weighted by Gasteiger charge is -2.37. The molecule has 3 rings (SSSR count). The van der Waals surface area contributed by atoms with Crippen LogP contribution in [0.2, 0.25) is 0 Å². The van der Waals surface area contributed by atoms with Crippen LogP contribution < -0.4 is 4.90 Å². The molecule has 0 aliphatic carbocycles. The first kappa shape index (κ1) is 19.2. The monoisotopic (exact) mass is 368 g/mol. The fourth-order valence-electron chi connectivity index (χ4n) is 3.24. The molecule has 1 saturated heterocycles. The molecule has 1 heterocycles. The number of hydrogen-bond donors (Lipinski definition) is 1. The minimum absolute atomic E-state index is 0.0502. The number of aliphatic hydroxyl groups is 1. The summed E-state index contributed by atoms with van der Waals surface area (Å²) < 4.78 is 5.48. The van der Waals surface area contributed by atoms with Gasteiger partial charge in [0.15, 0.2) is 0 Å². The van der Waals surface area contributed by atoms with Crippen molar-refractivity contribution in [2.45, 2.75) is 33.0 Å². The molecule has 0 bridgehead atoms. The van der Waals surface area contributed by atoms with E-state index >= 15 is 0 Å². The van der Waals surface area contributed by atoms with Crippen molar-refractivity contribution in [1.82, 2.24) is 4.90 Å². The van der Waals surface area contributed by atoms with Crippen LogP contribution in [-0.4, -0.2) is 47.9 Å². The molecule has 5 nitrogen and oxygen atoms in total. The Labute approximate surface area is 161 Å². The molecule has 2 aromatic rings. The van der Waals surface area contributed by atoms with Crippen LogP contribution in [0.4, 0.5) is 10.5 Å². The zero-order valence-electron chi connectivity index (χ0n) is 16.3. The van der Waals surface area contributed by atoms with Crippen molar-refractivity contribution in [1.29, 1.82) is 0 Å². The van der Waals surface area contributed by atoms with Gasteiger partial charge in [0, 0.05) is 37.4 Å². The van der Waals surface area contributed by atoms with Crippen LogP contribution in [0.5, 0.6) is 0 Å². The van der Waals surface area contributed by atoms with E-state index in [1.54, 1.807) is 4.90 Å². The Kier molecular flexibility index (Phi) is 5.71. The number of anilines is 1. The highest BCUT2D eigenvalue weighted by Gasteiger charge is 2.26. The second-order valence-corrected chi connectivity index (χ2v) is 7.83. The number of ether oxygens (including phenoxy) is 1. The maximum absolute atomic E-state index is 12.3. The second kappa shape index (κ2) is 8.01. The first-order valence-corrected chi connectivity index (χ1v) is 9.39. The van der Waals surface area contributed by atoms with Crippen molar-refractivity contribution in [2.75, 3.05) is 31.1 Å². The fraction of sp³-hybridized carbons (Fsp3) is 0.409. The minimum atomic E-state index is -0.471. The molecule has 0 spiro atoms. The van der Waals surface area contributed by atoms with Crippen LogP contribution in [0, 0.1) is 0 Å². The Hall–Kier alpha value is -2.53. The Morgan fingerprint density at radius 3 is 2.22 bits per heavy atom. The number of piperazine rings is 1. The molecule has 0 atom stereocenters. The second-order valence-electron chi connectivity index (χ2n) is 7.83. The minimum Gasteiger partial charge on any atom is -0.444 e. The van der Waals surface area contributed by atoms with Gasteiger partial charge in [-0.15, -0.1) is 0 Å². The SMILES string of the molecule is CC(C)(C)OC(=O)N1CCN(c2ccccc2-c2ccc(CO)cc2)CC1. The van der Waals surface area contributed by atoms with Gasteiger partial charge in [-0.05, 0) is 38.0 Å². The molecule has 1 amide bonds. The zero-order chi connectivity index (χ0) is 19.4. The van der Waals surface area contributed by atoms with E-state index in [9.17, 15) is 9.90 Å². The van der Waals surface area contributed by atoms with Crippen LogP contribution in [0.25, 0.3) is 11.1 Å². The number of rotatable bonds is 3. The van der Waals surface area contributed by atoms with Crippen LogP contribution in [-0.2, 0) is 11.3 Å².